The third kappa shape index (κ3) is 7.62. The number of primary amides is 1. The number of hydrogen-bond acceptors (Lipinski definition) is 6. The number of hydrogen-bond donors (Lipinski definition) is 4. The molecule has 4 fully saturated rings. The molecule has 252 valence electrons. The summed E-state index contributed by atoms with van der Waals surface area (Å²) in [6.45, 7) is 15.1. The van der Waals surface area contributed by atoms with Crippen LogP contribution in [0, 0.1) is 34.5 Å². The molecule has 0 spiro atoms. The van der Waals surface area contributed by atoms with Crippen LogP contribution in [-0.4, -0.2) is 89.0 Å². The molecule has 2 saturated heterocycles. The molecule has 4 aliphatic rings. The number of carbonyl (C=O) groups is 6. The van der Waals surface area contributed by atoms with E-state index in [1.807, 2.05) is 34.6 Å². The summed E-state index contributed by atoms with van der Waals surface area (Å²) in [4.78, 5) is 81.9. The molecular weight excluding hydrogens is 576 g/mol. The molecule has 2 aliphatic heterocycles. The Morgan fingerprint density at radius 3 is 2.20 bits per heavy atom. The van der Waals surface area contributed by atoms with Gasteiger partial charge in [0.15, 0.2) is 0 Å². The molecule has 0 aromatic rings. The average Bonchev–Trinajstić information content (AvgIpc) is 3.24. The molecule has 6 atom stereocenters. The van der Waals surface area contributed by atoms with Crippen LogP contribution in [0.4, 0.5) is 4.79 Å². The van der Waals surface area contributed by atoms with Gasteiger partial charge in [-0.15, -0.1) is 0 Å². The number of urea groups is 1. The average molecular weight is 631 g/mol. The van der Waals surface area contributed by atoms with Crippen LogP contribution in [0.25, 0.3) is 0 Å². The fourth-order valence-corrected chi connectivity index (χ4v) is 7.41. The van der Waals surface area contributed by atoms with Crippen molar-refractivity contribution in [3.63, 3.8) is 0 Å². The summed E-state index contributed by atoms with van der Waals surface area (Å²) in [6, 6.07) is -3.64. The Labute approximate surface area is 267 Å². The molecule has 2 saturated carbocycles. The lowest BCUT2D eigenvalue weighted by molar-refractivity contribution is -0.145. The van der Waals surface area contributed by atoms with Crippen molar-refractivity contribution >= 4 is 35.4 Å². The van der Waals surface area contributed by atoms with Gasteiger partial charge in [-0.05, 0) is 53.8 Å². The van der Waals surface area contributed by atoms with E-state index in [2.05, 4.69) is 29.8 Å². The molecule has 4 rings (SSSR count). The second kappa shape index (κ2) is 13.3. The lowest BCUT2D eigenvalue weighted by atomic mass is 9.80. The van der Waals surface area contributed by atoms with Crippen LogP contribution < -0.4 is 21.7 Å². The van der Waals surface area contributed by atoms with Crippen molar-refractivity contribution in [1.29, 1.82) is 0 Å². The summed E-state index contributed by atoms with van der Waals surface area (Å²) in [6.07, 6.45) is 5.57. The smallest absolute Gasteiger partial charge is 0.315 e. The highest BCUT2D eigenvalue weighted by Gasteiger charge is 2.70. The number of nitrogens with one attached hydrogen (secondary N) is 3. The van der Waals surface area contributed by atoms with Gasteiger partial charge in [0.2, 0.25) is 23.5 Å². The number of carbonyl (C=O) groups excluding carboxylic acids is 6. The van der Waals surface area contributed by atoms with Crippen LogP contribution >= 0.6 is 0 Å². The maximum Gasteiger partial charge on any atom is 0.315 e. The number of fused-ring (bicyclic) bond motifs is 1. The van der Waals surface area contributed by atoms with E-state index < -0.39 is 47.2 Å². The zero-order chi connectivity index (χ0) is 33.4. The zero-order valence-corrected chi connectivity index (χ0v) is 28.1. The molecule has 0 aromatic carbocycles. The summed E-state index contributed by atoms with van der Waals surface area (Å²) < 4.78 is 0. The van der Waals surface area contributed by atoms with Crippen molar-refractivity contribution in [1.82, 2.24) is 25.8 Å². The van der Waals surface area contributed by atoms with Crippen LogP contribution in [0.15, 0.2) is 0 Å². The van der Waals surface area contributed by atoms with E-state index in [0.717, 1.165) is 32.1 Å². The van der Waals surface area contributed by atoms with Crippen LogP contribution in [0.1, 0.15) is 93.4 Å². The second-order valence-electron chi connectivity index (χ2n) is 15.8. The lowest BCUT2D eigenvalue weighted by Gasteiger charge is -2.38. The van der Waals surface area contributed by atoms with E-state index in [1.165, 1.54) is 0 Å². The highest BCUT2D eigenvalue weighted by atomic mass is 16.2. The number of nitrogens with two attached hydrogens (primary N) is 1. The largest absolute Gasteiger partial charge is 0.363 e. The topological polar surface area (TPSA) is 171 Å². The van der Waals surface area contributed by atoms with Crippen molar-refractivity contribution < 1.29 is 28.8 Å². The molecule has 0 aromatic heterocycles. The first-order valence-electron chi connectivity index (χ1n) is 16.7. The third-order valence-electron chi connectivity index (χ3n) is 10.8. The van der Waals surface area contributed by atoms with Gasteiger partial charge in [0.05, 0.1) is 12.1 Å². The van der Waals surface area contributed by atoms with Gasteiger partial charge in [0, 0.05) is 26.1 Å². The number of amides is 6. The number of Topliss-reactive ketones (excluding diaryl/α,β-unsaturated/α-hetero) is 1. The van der Waals surface area contributed by atoms with Crippen LogP contribution in [0.5, 0.6) is 0 Å². The standard InChI is InChI=1S/C33H54N6O6/c1-18(2)22(17-38-14-9-8-13-23(38)40)36-31(45)37-27(32(3,4)5)30(44)39-16-20-24(33(20,6)7)25(39)29(43)35-21(26(41)28(34)42)15-19-11-10-12-19/h18-22,24-25,27H,8-17H2,1-7H3,(H2,34,42)(H,35,43)(H2,36,37,45)/t20-,21?,22+,24-,25-,27+/m0/s1. The Morgan fingerprint density at radius 2 is 1.67 bits per heavy atom. The van der Waals surface area contributed by atoms with Crippen molar-refractivity contribution in [2.45, 2.75) is 118 Å². The van der Waals surface area contributed by atoms with Gasteiger partial charge in [-0.2, -0.15) is 0 Å². The zero-order valence-electron chi connectivity index (χ0n) is 28.1. The molecule has 2 heterocycles. The Morgan fingerprint density at radius 1 is 1.00 bits per heavy atom. The summed E-state index contributed by atoms with van der Waals surface area (Å²) in [5.41, 5.74) is 4.47. The van der Waals surface area contributed by atoms with Crippen molar-refractivity contribution in [2.75, 3.05) is 19.6 Å². The van der Waals surface area contributed by atoms with E-state index in [-0.39, 0.29) is 46.9 Å². The number of ketones is 1. The van der Waals surface area contributed by atoms with E-state index in [4.69, 9.17) is 5.73 Å². The predicted molar refractivity (Wildman–Crippen MR) is 168 cm³/mol. The number of piperidine rings is 2. The highest BCUT2D eigenvalue weighted by Crippen LogP contribution is 2.65. The summed E-state index contributed by atoms with van der Waals surface area (Å²) in [7, 11) is 0. The molecular formula is C33H54N6O6. The Balaban J connectivity index is 1.49. The number of likely N-dealkylation sites (tertiary alicyclic amines) is 2. The molecule has 0 radical (unpaired) electrons. The Kier molecular flexibility index (Phi) is 10.2. The SMILES string of the molecule is CC(C)[C@@H](CN1CCCCC1=O)NC(=O)N[C@H](C(=O)N1C[C@H]2[C@@H]([C@H]1C(=O)NC(CC1CCC1)C(=O)C(N)=O)C2(C)C)C(C)(C)C. The first-order chi connectivity index (χ1) is 20.9. The molecule has 1 unspecified atom stereocenters. The van der Waals surface area contributed by atoms with Gasteiger partial charge < -0.3 is 31.5 Å². The van der Waals surface area contributed by atoms with E-state index in [1.54, 1.807) is 9.80 Å². The minimum Gasteiger partial charge on any atom is -0.363 e. The first-order valence-corrected chi connectivity index (χ1v) is 16.7. The summed E-state index contributed by atoms with van der Waals surface area (Å²) >= 11 is 0. The highest BCUT2D eigenvalue weighted by molar-refractivity contribution is 6.37. The minimum atomic E-state index is -1.09. The Hall–Kier alpha value is -3.18. The van der Waals surface area contributed by atoms with Crippen molar-refractivity contribution in [2.24, 2.45) is 40.2 Å². The fraction of sp³-hybridized carbons (Fsp3) is 0.818. The quantitative estimate of drug-likeness (QED) is 0.240. The van der Waals surface area contributed by atoms with E-state index in [0.29, 0.717) is 32.5 Å². The van der Waals surface area contributed by atoms with Crippen molar-refractivity contribution in [3.05, 3.63) is 0 Å². The fourth-order valence-electron chi connectivity index (χ4n) is 7.41. The molecule has 45 heavy (non-hydrogen) atoms. The van der Waals surface area contributed by atoms with Gasteiger partial charge in [-0.1, -0.05) is 67.7 Å². The molecule has 6 amide bonds. The van der Waals surface area contributed by atoms with E-state index >= 15 is 0 Å². The number of nitrogens with zero attached hydrogens (tertiary/aromatic N) is 2. The van der Waals surface area contributed by atoms with E-state index in [9.17, 15) is 28.8 Å². The first kappa shape index (κ1) is 34.7. The molecule has 12 heteroatoms. The minimum absolute atomic E-state index is 0.0475. The van der Waals surface area contributed by atoms with Crippen LogP contribution in [-0.2, 0) is 24.0 Å². The lowest BCUT2D eigenvalue weighted by Crippen LogP contribution is -2.62. The number of rotatable bonds is 12. The predicted octanol–water partition coefficient (Wildman–Crippen LogP) is 1.95. The second-order valence-corrected chi connectivity index (χ2v) is 15.8. The molecule has 2 aliphatic carbocycles. The van der Waals surface area contributed by atoms with Crippen molar-refractivity contribution in [3.8, 4) is 0 Å². The monoisotopic (exact) mass is 630 g/mol. The van der Waals surface area contributed by atoms with Gasteiger partial charge in [-0.3, -0.25) is 24.0 Å². The maximum atomic E-state index is 14.3. The van der Waals surface area contributed by atoms with Crippen LogP contribution in [0.3, 0.4) is 0 Å². The summed E-state index contributed by atoms with van der Waals surface area (Å²) in [5.74, 6) is -2.40. The molecule has 12 nitrogen and oxygen atoms in total. The van der Waals surface area contributed by atoms with Crippen LogP contribution in [0.2, 0.25) is 0 Å². The maximum absolute atomic E-state index is 14.3. The van der Waals surface area contributed by atoms with Gasteiger partial charge in [0.1, 0.15) is 12.1 Å². The third-order valence-corrected chi connectivity index (χ3v) is 10.8. The van der Waals surface area contributed by atoms with Gasteiger partial charge in [0.25, 0.3) is 5.91 Å². The molecule has 5 N–H and O–H groups in total. The molecule has 0 bridgehead atoms. The summed E-state index contributed by atoms with van der Waals surface area (Å²) in [5, 5.41) is 8.70. The Bertz CT molecular complexity index is 1190. The van der Waals surface area contributed by atoms with Gasteiger partial charge >= 0.3 is 6.03 Å². The van der Waals surface area contributed by atoms with Gasteiger partial charge in [-0.25, -0.2) is 4.79 Å². The normalized spacial score (nSPS) is 26.3.